The lowest BCUT2D eigenvalue weighted by Gasteiger charge is -2.48. The Hall–Kier alpha value is -3.32. The smallest absolute Gasteiger partial charge is 0.597 e. The van der Waals surface area contributed by atoms with Crippen LogP contribution in [0.15, 0.2) is 17.8 Å². The Bertz CT molecular complexity index is 1210. The van der Waals surface area contributed by atoms with Gasteiger partial charge in [-0.25, -0.2) is 4.39 Å². The number of carbonyl (C=O) groups excluding carboxylic acids is 3. The van der Waals surface area contributed by atoms with Crippen LogP contribution in [0, 0.1) is 11.7 Å². The molecule has 3 saturated heterocycles. The van der Waals surface area contributed by atoms with Crippen molar-refractivity contribution in [1.82, 2.24) is 5.32 Å². The molecule has 1 aliphatic carbocycles. The van der Waals surface area contributed by atoms with Crippen LogP contribution in [-0.2, 0) is 33.0 Å². The van der Waals surface area contributed by atoms with E-state index < -0.39 is 36.8 Å². The van der Waals surface area contributed by atoms with E-state index in [-0.39, 0.29) is 17.7 Å². The third-order valence-electron chi connectivity index (χ3n) is 7.78. The molecule has 0 amide bonds. The maximum atomic E-state index is 16.0. The fourth-order valence-electron chi connectivity index (χ4n) is 6.13. The van der Waals surface area contributed by atoms with Crippen LogP contribution in [0.4, 0.5) is 15.8 Å². The van der Waals surface area contributed by atoms with Gasteiger partial charge >= 0.3 is 6.96 Å². The third kappa shape index (κ3) is 4.17. The second-order valence-electron chi connectivity index (χ2n) is 10.5. The van der Waals surface area contributed by atoms with Gasteiger partial charge in [-0.1, -0.05) is 0 Å². The molecular weight excluding hydrogens is 500 g/mol. The van der Waals surface area contributed by atoms with E-state index in [1.165, 1.54) is 13.2 Å². The number of hydrogen-bond acceptors (Lipinski definition) is 11. The van der Waals surface area contributed by atoms with Gasteiger partial charge in [0.05, 0.1) is 24.5 Å². The van der Waals surface area contributed by atoms with Gasteiger partial charge in [0.25, 0.3) is 17.9 Å². The average Bonchev–Trinajstić information content (AvgIpc) is 3.60. The van der Waals surface area contributed by atoms with E-state index in [0.29, 0.717) is 41.7 Å². The van der Waals surface area contributed by atoms with E-state index in [9.17, 15) is 14.4 Å². The molecule has 0 bridgehead atoms. The fourth-order valence-corrected chi connectivity index (χ4v) is 6.13. The van der Waals surface area contributed by atoms with Gasteiger partial charge in [-0.05, 0) is 44.2 Å². The highest BCUT2D eigenvalue weighted by Crippen LogP contribution is 2.54. The van der Waals surface area contributed by atoms with Gasteiger partial charge in [-0.2, -0.15) is 0 Å². The highest BCUT2D eigenvalue weighted by atomic mass is 19.1. The first-order valence-corrected chi connectivity index (χ1v) is 13.0. The van der Waals surface area contributed by atoms with Gasteiger partial charge in [-0.15, -0.1) is 0 Å². The number of benzene rings is 1. The second kappa shape index (κ2) is 9.16. The Labute approximate surface area is 219 Å². The number of ether oxygens (including phenoxy) is 1. The molecule has 1 saturated carbocycles. The monoisotopic (exact) mass is 530 g/mol. The molecule has 0 radical (unpaired) electrons. The number of piperidine rings is 1. The summed E-state index contributed by atoms with van der Waals surface area (Å²) in [6.45, 7) is 0.866. The summed E-state index contributed by atoms with van der Waals surface area (Å²) in [5.74, 6) is -2.44. The summed E-state index contributed by atoms with van der Waals surface area (Å²) in [4.78, 5) is 40.8. The van der Waals surface area contributed by atoms with E-state index in [4.69, 9.17) is 23.4 Å². The lowest BCUT2D eigenvalue weighted by atomic mass is 9.89. The second-order valence-corrected chi connectivity index (χ2v) is 10.5. The molecule has 1 N–H and O–H groups in total. The first kappa shape index (κ1) is 25.0. The zero-order valence-electron chi connectivity index (χ0n) is 21.5. The van der Waals surface area contributed by atoms with Gasteiger partial charge in [0.1, 0.15) is 5.69 Å². The van der Waals surface area contributed by atoms with Crippen molar-refractivity contribution in [1.29, 1.82) is 0 Å². The Morgan fingerprint density at radius 1 is 1.13 bits per heavy atom. The van der Waals surface area contributed by atoms with Crippen molar-refractivity contribution in [2.45, 2.75) is 57.7 Å². The van der Waals surface area contributed by atoms with Gasteiger partial charge in [-0.3, -0.25) is 14.4 Å². The molecule has 204 valence electrons. The van der Waals surface area contributed by atoms with Crippen molar-refractivity contribution in [2.24, 2.45) is 5.92 Å². The minimum Gasteiger partial charge on any atom is -0.597 e. The molecule has 11 nitrogen and oxygen atoms in total. The molecule has 1 unspecified atom stereocenters. The van der Waals surface area contributed by atoms with Crippen LogP contribution >= 0.6 is 0 Å². The van der Waals surface area contributed by atoms with E-state index >= 15 is 4.39 Å². The lowest BCUT2D eigenvalue weighted by Crippen LogP contribution is -2.57. The Balaban J connectivity index is 1.46. The van der Waals surface area contributed by atoms with Crippen molar-refractivity contribution < 1.29 is 42.1 Å². The molecule has 4 heterocycles. The molecule has 3 atom stereocenters. The van der Waals surface area contributed by atoms with Crippen LogP contribution in [0.1, 0.15) is 51.2 Å². The minimum atomic E-state index is -3.57. The van der Waals surface area contributed by atoms with Crippen molar-refractivity contribution in [3.8, 4) is 5.75 Å². The number of hydrogen-bond donors (Lipinski definition) is 1. The van der Waals surface area contributed by atoms with E-state index in [1.54, 1.807) is 6.20 Å². The maximum Gasteiger partial charge on any atom is 0.720 e. The largest absolute Gasteiger partial charge is 0.720 e. The maximum absolute atomic E-state index is 16.0. The molecule has 0 spiro atoms. The number of halogens is 1. The lowest BCUT2D eigenvalue weighted by molar-refractivity contribution is -0.162. The summed E-state index contributed by atoms with van der Waals surface area (Å²) in [6.07, 6.45) is 4.33. The summed E-state index contributed by atoms with van der Waals surface area (Å²) in [5.41, 5.74) is 1.30. The van der Waals surface area contributed by atoms with E-state index in [2.05, 4.69) is 5.32 Å². The van der Waals surface area contributed by atoms with Crippen LogP contribution < -0.4 is 19.9 Å². The summed E-state index contributed by atoms with van der Waals surface area (Å²) >= 11 is 0. The van der Waals surface area contributed by atoms with Crippen LogP contribution in [0.2, 0.25) is 0 Å². The molecular formula is C25H30BFN3O8-. The molecule has 5 aliphatic rings. The third-order valence-corrected chi connectivity index (χ3v) is 7.78. The molecule has 4 aliphatic heterocycles. The summed E-state index contributed by atoms with van der Waals surface area (Å²) in [5, 5.41) is 3.54. The quantitative estimate of drug-likeness (QED) is 0.564. The van der Waals surface area contributed by atoms with Crippen LogP contribution in [-0.4, -0.2) is 63.7 Å². The summed E-state index contributed by atoms with van der Waals surface area (Å²) in [7, 11) is 1.49. The highest BCUT2D eigenvalue weighted by Gasteiger charge is 2.54. The van der Waals surface area contributed by atoms with E-state index in [1.807, 2.05) is 9.80 Å². The van der Waals surface area contributed by atoms with Crippen LogP contribution in [0.25, 0.3) is 0 Å². The van der Waals surface area contributed by atoms with Crippen molar-refractivity contribution in [3.63, 3.8) is 0 Å². The number of carbonyl (C=O) groups is 3. The summed E-state index contributed by atoms with van der Waals surface area (Å²) in [6, 6.07) is 1.70. The standard InChI is InChI=1S/C25H30BFN3O8/c1-13(31)35-26(36-14(2)32)37-23-17-9-19(27)22(29-10-15-5-4-8-28-20(15)12-29)24(34-3)21(17)30(16-6-7-16)11-18(23)25(33)38-26/h9,11,15-16,20,23,28H,4-8,10,12H2,1-3H3/q-1/t15-,20+,23?/m0/s1. The van der Waals surface area contributed by atoms with E-state index in [0.717, 1.165) is 46.1 Å². The SMILES string of the molecule is COc1c(N2C[C@@H]3CCCN[C@@H]3C2)c(F)cc2c1N(C1CC1)C=C1C(=O)O[B-](OC(C)=O)(OC(C)=O)OC12. The molecule has 1 aromatic rings. The number of anilines is 2. The molecule has 0 aromatic heterocycles. The zero-order chi connectivity index (χ0) is 26.8. The average molecular weight is 530 g/mol. The summed E-state index contributed by atoms with van der Waals surface area (Å²) < 4.78 is 43.3. The van der Waals surface area contributed by atoms with Gasteiger partial charge in [0, 0.05) is 50.8 Å². The first-order chi connectivity index (χ1) is 18.2. The van der Waals surface area contributed by atoms with Crippen LogP contribution in [0.3, 0.4) is 0 Å². The minimum absolute atomic E-state index is 0.0757. The number of fused-ring (bicyclic) bond motifs is 4. The predicted molar refractivity (Wildman–Crippen MR) is 132 cm³/mol. The number of nitrogens with zero attached hydrogens (tertiary/aromatic N) is 2. The number of rotatable bonds is 5. The van der Waals surface area contributed by atoms with Crippen LogP contribution in [0.5, 0.6) is 5.75 Å². The Morgan fingerprint density at radius 3 is 2.50 bits per heavy atom. The molecule has 13 heteroatoms. The number of methoxy groups -OCH3 is 1. The number of nitrogens with one attached hydrogen (secondary N) is 1. The normalized spacial score (nSPS) is 27.4. The zero-order valence-corrected chi connectivity index (χ0v) is 21.5. The van der Waals surface area contributed by atoms with Crippen molar-refractivity contribution in [3.05, 3.63) is 29.2 Å². The highest BCUT2D eigenvalue weighted by molar-refractivity contribution is 6.60. The Morgan fingerprint density at radius 2 is 1.87 bits per heavy atom. The van der Waals surface area contributed by atoms with Crippen molar-refractivity contribution in [2.75, 3.05) is 36.5 Å². The van der Waals surface area contributed by atoms with Crippen molar-refractivity contribution >= 4 is 36.2 Å². The molecule has 1 aromatic carbocycles. The van der Waals surface area contributed by atoms with Gasteiger partial charge in [0.2, 0.25) is 0 Å². The molecule has 38 heavy (non-hydrogen) atoms. The molecule has 4 fully saturated rings. The fraction of sp³-hybridized carbons (Fsp3) is 0.560. The molecule has 6 rings (SSSR count). The predicted octanol–water partition coefficient (Wildman–Crippen LogP) is 2.07. The topological polar surface area (TPSA) is 116 Å². The Kier molecular flexibility index (Phi) is 6.02. The van der Waals surface area contributed by atoms with Gasteiger partial charge in [0.15, 0.2) is 11.6 Å². The first-order valence-electron chi connectivity index (χ1n) is 13.0. The van der Waals surface area contributed by atoms with Gasteiger partial charge < -0.3 is 38.5 Å².